The third kappa shape index (κ3) is 4.54. The van der Waals surface area contributed by atoms with E-state index in [-0.39, 0.29) is 17.1 Å². The van der Waals surface area contributed by atoms with Gasteiger partial charge in [-0.25, -0.2) is 19.6 Å². The van der Waals surface area contributed by atoms with Gasteiger partial charge in [0.1, 0.15) is 16.6 Å². The van der Waals surface area contributed by atoms with Crippen LogP contribution in [0.2, 0.25) is 0 Å². The summed E-state index contributed by atoms with van der Waals surface area (Å²) in [5.74, 6) is -0.0136. The number of ether oxygens (including phenoxy) is 2. The van der Waals surface area contributed by atoms with Gasteiger partial charge in [-0.15, -0.1) is 11.3 Å². The Morgan fingerprint density at radius 1 is 1.26 bits per heavy atom. The first-order valence-corrected chi connectivity index (χ1v) is 9.25. The number of carboxylic acid groups (broad SMARTS) is 1. The van der Waals surface area contributed by atoms with Crippen LogP contribution in [0.15, 0.2) is 18.5 Å². The molecule has 1 saturated heterocycles. The van der Waals surface area contributed by atoms with Gasteiger partial charge in [0, 0.05) is 10.4 Å². The summed E-state index contributed by atoms with van der Waals surface area (Å²) in [7, 11) is 0. The molecule has 0 aliphatic carbocycles. The number of carbonyl (C=O) groups is 2. The van der Waals surface area contributed by atoms with Crippen molar-refractivity contribution < 1.29 is 24.2 Å². The molecular weight excluding hydrogens is 370 g/mol. The van der Waals surface area contributed by atoms with Gasteiger partial charge in [-0.2, -0.15) is 0 Å². The molecule has 2 aromatic rings. The molecule has 1 aliphatic rings. The Morgan fingerprint density at radius 3 is 2.41 bits per heavy atom. The first-order valence-electron chi connectivity index (χ1n) is 8.43. The second kappa shape index (κ2) is 7.15. The molecule has 9 heteroatoms. The van der Waals surface area contributed by atoms with E-state index in [0.717, 1.165) is 4.88 Å². The van der Waals surface area contributed by atoms with E-state index in [1.165, 1.54) is 11.3 Å². The second-order valence-corrected chi connectivity index (χ2v) is 8.51. The molecule has 1 N–H and O–H groups in total. The van der Waals surface area contributed by atoms with Crippen molar-refractivity contribution in [3.8, 4) is 17.1 Å². The number of carbonyl (C=O) groups excluding carboxylic acids is 1. The zero-order valence-corrected chi connectivity index (χ0v) is 16.4. The zero-order chi connectivity index (χ0) is 19.8. The van der Waals surface area contributed by atoms with Crippen molar-refractivity contribution in [3.63, 3.8) is 0 Å². The molecule has 0 aromatic carbocycles. The monoisotopic (exact) mass is 391 g/mol. The Morgan fingerprint density at radius 2 is 1.89 bits per heavy atom. The maximum absolute atomic E-state index is 11.9. The lowest BCUT2D eigenvalue weighted by molar-refractivity contribution is -0.0223. The molecule has 1 fully saturated rings. The lowest BCUT2D eigenvalue weighted by Crippen LogP contribution is -2.57. The number of hydrogen-bond donors (Lipinski definition) is 1. The fourth-order valence-corrected chi connectivity index (χ4v) is 3.36. The number of aromatic nitrogens is 2. The van der Waals surface area contributed by atoms with E-state index in [9.17, 15) is 9.59 Å². The largest absolute Gasteiger partial charge is 0.483 e. The number of hydrogen-bond acceptors (Lipinski definition) is 7. The van der Waals surface area contributed by atoms with Crippen molar-refractivity contribution in [2.45, 2.75) is 39.4 Å². The van der Waals surface area contributed by atoms with Crippen LogP contribution in [0.3, 0.4) is 0 Å². The van der Waals surface area contributed by atoms with Crippen molar-refractivity contribution in [1.82, 2.24) is 14.9 Å². The molecule has 27 heavy (non-hydrogen) atoms. The molecular formula is C18H21N3O5S. The average Bonchev–Trinajstić information content (AvgIpc) is 2.91. The molecule has 1 aliphatic heterocycles. The topological polar surface area (TPSA) is 102 Å². The van der Waals surface area contributed by atoms with Crippen LogP contribution < -0.4 is 4.74 Å². The molecule has 2 aromatic heterocycles. The summed E-state index contributed by atoms with van der Waals surface area (Å²) in [5, 5.41) is 9.08. The van der Waals surface area contributed by atoms with Gasteiger partial charge >= 0.3 is 12.1 Å². The van der Waals surface area contributed by atoms with Gasteiger partial charge in [0.2, 0.25) is 0 Å². The Bertz CT molecular complexity index is 851. The second-order valence-electron chi connectivity index (χ2n) is 7.25. The van der Waals surface area contributed by atoms with Crippen LogP contribution >= 0.6 is 11.3 Å². The van der Waals surface area contributed by atoms with E-state index in [2.05, 4.69) is 9.97 Å². The van der Waals surface area contributed by atoms with Gasteiger partial charge in [-0.3, -0.25) is 0 Å². The number of amides is 1. The zero-order valence-electron chi connectivity index (χ0n) is 15.6. The SMILES string of the molecule is Cc1sc(C(=O)O)cc1-c1ncc(OC2CN(C(=O)OC(C)(C)C)C2)cn1. The van der Waals surface area contributed by atoms with E-state index < -0.39 is 11.6 Å². The summed E-state index contributed by atoms with van der Waals surface area (Å²) in [5.41, 5.74) is 0.177. The van der Waals surface area contributed by atoms with Crippen LogP contribution in [0.1, 0.15) is 35.3 Å². The fourth-order valence-electron chi connectivity index (χ4n) is 2.51. The highest BCUT2D eigenvalue weighted by molar-refractivity contribution is 7.14. The summed E-state index contributed by atoms with van der Waals surface area (Å²) >= 11 is 1.19. The molecule has 0 radical (unpaired) electrons. The molecule has 8 nitrogen and oxygen atoms in total. The summed E-state index contributed by atoms with van der Waals surface area (Å²) < 4.78 is 11.1. The van der Waals surface area contributed by atoms with Crippen LogP contribution in [0, 0.1) is 6.92 Å². The van der Waals surface area contributed by atoms with E-state index in [1.807, 2.05) is 27.7 Å². The van der Waals surface area contributed by atoms with Crippen LogP contribution in [0.4, 0.5) is 4.79 Å². The van der Waals surface area contributed by atoms with Crippen LogP contribution in [0.25, 0.3) is 11.4 Å². The molecule has 0 spiro atoms. The fraction of sp³-hybridized carbons (Fsp3) is 0.444. The van der Waals surface area contributed by atoms with Crippen molar-refractivity contribution in [2.24, 2.45) is 0 Å². The molecule has 3 rings (SSSR count). The highest BCUT2D eigenvalue weighted by atomic mass is 32.1. The number of aryl methyl sites for hydroxylation is 1. The van der Waals surface area contributed by atoms with Crippen molar-refractivity contribution in [2.75, 3.05) is 13.1 Å². The van der Waals surface area contributed by atoms with Crippen molar-refractivity contribution >= 4 is 23.4 Å². The number of likely N-dealkylation sites (tertiary alicyclic amines) is 1. The molecule has 144 valence electrons. The normalized spacial score (nSPS) is 14.6. The van der Waals surface area contributed by atoms with Crippen LogP contribution in [0.5, 0.6) is 5.75 Å². The van der Waals surface area contributed by atoms with E-state index in [0.29, 0.717) is 30.2 Å². The lowest BCUT2D eigenvalue weighted by atomic mass is 10.1. The highest BCUT2D eigenvalue weighted by Gasteiger charge is 2.35. The number of aromatic carboxylic acids is 1. The Balaban J connectivity index is 1.57. The van der Waals surface area contributed by atoms with Crippen molar-refractivity contribution in [3.05, 3.63) is 28.2 Å². The predicted octanol–water partition coefficient (Wildman–Crippen LogP) is 3.21. The van der Waals surface area contributed by atoms with Gasteiger partial charge in [-0.1, -0.05) is 0 Å². The van der Waals surface area contributed by atoms with E-state index in [4.69, 9.17) is 14.6 Å². The first-order chi connectivity index (χ1) is 12.6. The van der Waals surface area contributed by atoms with Crippen molar-refractivity contribution in [1.29, 1.82) is 0 Å². The number of nitrogens with zero attached hydrogens (tertiary/aromatic N) is 3. The highest BCUT2D eigenvalue weighted by Crippen LogP contribution is 2.29. The first kappa shape index (κ1) is 19.1. The quantitative estimate of drug-likeness (QED) is 0.854. The van der Waals surface area contributed by atoms with Gasteiger partial charge in [0.25, 0.3) is 0 Å². The van der Waals surface area contributed by atoms with Crippen LogP contribution in [-0.2, 0) is 4.74 Å². The molecule has 0 bridgehead atoms. The number of rotatable bonds is 4. The standard InChI is InChI=1S/C18H21N3O5S/c1-10-13(5-14(27-10)16(22)23)15-19-6-11(7-20-15)25-12-8-21(9-12)17(24)26-18(2,3)4/h5-7,12H,8-9H2,1-4H3,(H,22,23). The summed E-state index contributed by atoms with van der Waals surface area (Å²) in [4.78, 5) is 34.2. The molecule has 1 amide bonds. The third-order valence-corrected chi connectivity index (χ3v) is 4.84. The van der Waals surface area contributed by atoms with Gasteiger partial charge < -0.3 is 19.5 Å². The molecule has 0 unspecified atom stereocenters. The van der Waals surface area contributed by atoms with E-state index >= 15 is 0 Å². The Hall–Kier alpha value is -2.68. The minimum atomic E-state index is -0.964. The van der Waals surface area contributed by atoms with Crippen LogP contribution in [-0.4, -0.2) is 56.8 Å². The van der Waals surface area contributed by atoms with E-state index in [1.54, 1.807) is 23.4 Å². The number of carboxylic acids is 1. The third-order valence-electron chi connectivity index (χ3n) is 3.80. The predicted molar refractivity (Wildman–Crippen MR) is 99.3 cm³/mol. The summed E-state index contributed by atoms with van der Waals surface area (Å²) in [6.07, 6.45) is 2.62. The maximum Gasteiger partial charge on any atom is 0.410 e. The number of thiophene rings is 1. The minimum Gasteiger partial charge on any atom is -0.483 e. The van der Waals surface area contributed by atoms with Gasteiger partial charge in [0.05, 0.1) is 25.5 Å². The van der Waals surface area contributed by atoms with Gasteiger partial charge in [-0.05, 0) is 33.8 Å². The average molecular weight is 391 g/mol. The Kier molecular flexibility index (Phi) is 5.05. The smallest absolute Gasteiger partial charge is 0.410 e. The molecule has 0 atom stereocenters. The minimum absolute atomic E-state index is 0.131. The Labute approximate surface area is 160 Å². The molecule has 3 heterocycles. The molecule has 0 saturated carbocycles. The lowest BCUT2D eigenvalue weighted by Gasteiger charge is -2.39. The summed E-state index contributed by atoms with van der Waals surface area (Å²) in [6, 6.07) is 1.57. The maximum atomic E-state index is 11.9. The summed E-state index contributed by atoms with van der Waals surface area (Å²) in [6.45, 7) is 8.20. The van der Waals surface area contributed by atoms with Gasteiger partial charge in [0.15, 0.2) is 11.6 Å².